The molecular weight excluding hydrogens is 556 g/mol. The molecule has 0 unspecified atom stereocenters. The zero-order valence-electron chi connectivity index (χ0n) is 24.3. The van der Waals surface area contributed by atoms with E-state index in [0.29, 0.717) is 36.2 Å². The van der Waals surface area contributed by atoms with E-state index in [1.807, 2.05) is 35.0 Å². The maximum atomic E-state index is 13.3. The number of rotatable bonds is 9. The Kier molecular flexibility index (Phi) is 8.63. The molecule has 1 aliphatic carbocycles. The molecule has 0 aliphatic heterocycles. The van der Waals surface area contributed by atoms with E-state index in [1.165, 1.54) is 0 Å². The second kappa shape index (κ2) is 11.8. The Labute approximate surface area is 249 Å². The number of ether oxygens (including phenoxy) is 2. The van der Waals surface area contributed by atoms with E-state index in [-0.39, 0.29) is 11.8 Å². The number of nitrogens with two attached hydrogens (primary N) is 1. The second-order valence-corrected chi connectivity index (χ2v) is 12.7. The van der Waals surface area contributed by atoms with Gasteiger partial charge in [-0.3, -0.25) is 9.59 Å². The fourth-order valence-electron chi connectivity index (χ4n) is 4.41. The smallest absolute Gasteiger partial charge is 0.408 e. The Morgan fingerprint density at radius 1 is 0.905 bits per heavy atom. The van der Waals surface area contributed by atoms with Crippen LogP contribution >= 0.6 is 11.3 Å². The van der Waals surface area contributed by atoms with Gasteiger partial charge in [-0.15, -0.1) is 0 Å². The van der Waals surface area contributed by atoms with Crippen molar-refractivity contribution in [3.05, 3.63) is 70.4 Å². The van der Waals surface area contributed by atoms with Crippen LogP contribution in [0.5, 0.6) is 0 Å². The van der Waals surface area contributed by atoms with E-state index < -0.39 is 28.9 Å². The molecule has 0 radical (unpaired) electrons. The van der Waals surface area contributed by atoms with Crippen LogP contribution in [0.25, 0.3) is 11.1 Å². The highest BCUT2D eigenvalue weighted by Crippen LogP contribution is 2.37. The van der Waals surface area contributed by atoms with Gasteiger partial charge in [0.05, 0.1) is 0 Å². The van der Waals surface area contributed by atoms with Gasteiger partial charge in [-0.05, 0) is 111 Å². The van der Waals surface area contributed by atoms with Crippen molar-refractivity contribution in [1.29, 1.82) is 0 Å². The normalized spacial score (nSPS) is 13.9. The molecule has 222 valence electrons. The first-order valence-electron chi connectivity index (χ1n) is 13.5. The van der Waals surface area contributed by atoms with Crippen LogP contribution in [0, 0.1) is 0 Å². The second-order valence-electron chi connectivity index (χ2n) is 11.9. The lowest BCUT2D eigenvalue weighted by molar-refractivity contribution is -0.119. The summed E-state index contributed by atoms with van der Waals surface area (Å²) in [6.07, 6.45) is -0.186. The average molecular weight is 593 g/mol. The number of carbonyl (C=O) groups is 4. The van der Waals surface area contributed by atoms with E-state index in [9.17, 15) is 19.2 Å². The number of alkyl carbamates (subject to hydrolysis) is 1. The molecule has 1 saturated carbocycles. The minimum atomic E-state index is -1.01. The molecule has 4 amide bonds. The van der Waals surface area contributed by atoms with Gasteiger partial charge in [0, 0.05) is 23.4 Å². The first-order chi connectivity index (χ1) is 19.6. The molecule has 2 aromatic carbocycles. The molecule has 0 saturated heterocycles. The molecule has 3 aromatic rings. The summed E-state index contributed by atoms with van der Waals surface area (Å²) in [4.78, 5) is 49.8. The Hall–Kier alpha value is -4.38. The van der Waals surface area contributed by atoms with Crippen LogP contribution in [0.1, 0.15) is 63.4 Å². The lowest BCUT2D eigenvalue weighted by atomic mass is 9.94. The number of benzene rings is 2. The summed E-state index contributed by atoms with van der Waals surface area (Å²) in [5, 5.41) is 12.5. The molecule has 11 heteroatoms. The summed E-state index contributed by atoms with van der Waals surface area (Å²) in [7, 11) is 0. The van der Waals surface area contributed by atoms with E-state index in [2.05, 4.69) is 16.0 Å². The molecule has 1 aromatic heterocycles. The fourth-order valence-corrected chi connectivity index (χ4v) is 5.07. The summed E-state index contributed by atoms with van der Waals surface area (Å²) >= 11 is 1.57. The predicted octanol–water partition coefficient (Wildman–Crippen LogP) is 6.08. The molecule has 1 fully saturated rings. The van der Waals surface area contributed by atoms with Gasteiger partial charge in [0.2, 0.25) is 5.91 Å². The number of nitrogens with one attached hydrogen (secondary N) is 3. The Bertz CT molecular complexity index is 1470. The first-order valence-corrected chi connectivity index (χ1v) is 14.5. The van der Waals surface area contributed by atoms with Crippen molar-refractivity contribution < 1.29 is 28.7 Å². The minimum absolute atomic E-state index is 0.319. The van der Waals surface area contributed by atoms with E-state index in [1.54, 1.807) is 70.2 Å². The van der Waals surface area contributed by atoms with Crippen LogP contribution in [0.2, 0.25) is 0 Å². The molecule has 1 aliphatic rings. The van der Waals surface area contributed by atoms with Crippen LogP contribution in [0.4, 0.5) is 21.0 Å². The molecule has 0 atom stereocenters. The summed E-state index contributed by atoms with van der Waals surface area (Å²) in [6.45, 7) is 8.76. The van der Waals surface area contributed by atoms with Crippen LogP contribution in [0.15, 0.2) is 59.3 Å². The van der Waals surface area contributed by atoms with Crippen molar-refractivity contribution in [1.82, 2.24) is 5.32 Å². The van der Waals surface area contributed by atoms with Crippen molar-refractivity contribution in [3.8, 4) is 11.1 Å². The van der Waals surface area contributed by atoms with Crippen molar-refractivity contribution in [2.24, 2.45) is 5.73 Å². The van der Waals surface area contributed by atoms with Gasteiger partial charge in [0.25, 0.3) is 5.91 Å². The SMILES string of the molecule is CC(C)(C)OC(=O)NC1(C(=O)Nc2ccc(C(=O)Nc3cc(-c4ccsc4)ccc3CC(C)(C)OC(N)=O)cc2)CC1. The number of hydrogen-bond acceptors (Lipinski definition) is 7. The Morgan fingerprint density at radius 3 is 2.17 bits per heavy atom. The molecule has 0 bridgehead atoms. The summed E-state index contributed by atoms with van der Waals surface area (Å²) in [5.41, 5.74) is 6.82. The van der Waals surface area contributed by atoms with Gasteiger partial charge in [0.1, 0.15) is 16.7 Å². The third-order valence-electron chi connectivity index (χ3n) is 6.54. The van der Waals surface area contributed by atoms with Crippen LogP contribution in [-0.2, 0) is 20.7 Å². The zero-order valence-corrected chi connectivity index (χ0v) is 25.1. The Balaban J connectivity index is 1.46. The maximum absolute atomic E-state index is 13.3. The highest BCUT2D eigenvalue weighted by molar-refractivity contribution is 7.08. The topological polar surface area (TPSA) is 149 Å². The summed E-state index contributed by atoms with van der Waals surface area (Å²) < 4.78 is 10.6. The number of carbonyl (C=O) groups excluding carboxylic acids is 4. The van der Waals surface area contributed by atoms with Gasteiger partial charge in [-0.2, -0.15) is 11.3 Å². The largest absolute Gasteiger partial charge is 0.444 e. The van der Waals surface area contributed by atoms with Gasteiger partial charge in [-0.25, -0.2) is 9.59 Å². The number of primary amides is 1. The van der Waals surface area contributed by atoms with E-state index >= 15 is 0 Å². The van der Waals surface area contributed by atoms with Crippen LogP contribution in [0.3, 0.4) is 0 Å². The third-order valence-corrected chi connectivity index (χ3v) is 7.22. The molecule has 4 rings (SSSR count). The first kappa shape index (κ1) is 30.6. The molecule has 5 N–H and O–H groups in total. The Morgan fingerprint density at radius 2 is 1.60 bits per heavy atom. The van der Waals surface area contributed by atoms with Crippen molar-refractivity contribution in [3.63, 3.8) is 0 Å². The number of anilines is 2. The third kappa shape index (κ3) is 8.10. The molecule has 42 heavy (non-hydrogen) atoms. The molecule has 1 heterocycles. The highest BCUT2D eigenvalue weighted by atomic mass is 32.1. The quantitative estimate of drug-likeness (QED) is 0.237. The molecule has 10 nitrogen and oxygen atoms in total. The molecular formula is C31H36N4O6S. The summed E-state index contributed by atoms with van der Waals surface area (Å²) in [6, 6.07) is 14.2. The lowest BCUT2D eigenvalue weighted by Crippen LogP contribution is -2.47. The number of hydrogen-bond donors (Lipinski definition) is 4. The number of thiophene rings is 1. The van der Waals surface area contributed by atoms with Crippen molar-refractivity contribution in [2.45, 2.75) is 70.6 Å². The van der Waals surface area contributed by atoms with Gasteiger partial charge in [0.15, 0.2) is 0 Å². The van der Waals surface area contributed by atoms with E-state index in [4.69, 9.17) is 15.2 Å². The zero-order chi connectivity index (χ0) is 30.7. The standard InChI is InChI=1S/C31H36N4O6S/c1-29(2,3)41-28(39)35-31(13-14-31)26(37)33-23-10-8-19(9-11-23)25(36)34-24-16-20(22-12-15-42-18-22)6-7-21(24)17-30(4,5)40-27(32)38/h6-12,15-16,18H,13-14,17H2,1-5H3,(H2,32,38)(H,33,37)(H,34,36)(H,35,39). The summed E-state index contributed by atoms with van der Waals surface area (Å²) in [5.74, 6) is -0.697. The number of amides is 4. The molecule has 0 spiro atoms. The van der Waals surface area contributed by atoms with Gasteiger partial charge >= 0.3 is 12.2 Å². The minimum Gasteiger partial charge on any atom is -0.444 e. The van der Waals surface area contributed by atoms with Crippen molar-refractivity contribution in [2.75, 3.05) is 10.6 Å². The van der Waals surface area contributed by atoms with Crippen LogP contribution < -0.4 is 21.7 Å². The fraction of sp³-hybridized carbons (Fsp3) is 0.355. The lowest BCUT2D eigenvalue weighted by Gasteiger charge is -2.25. The monoisotopic (exact) mass is 592 g/mol. The van der Waals surface area contributed by atoms with Gasteiger partial charge < -0.3 is 31.2 Å². The maximum Gasteiger partial charge on any atom is 0.408 e. The van der Waals surface area contributed by atoms with Gasteiger partial charge in [-0.1, -0.05) is 12.1 Å². The van der Waals surface area contributed by atoms with Crippen LogP contribution in [-0.4, -0.2) is 40.7 Å². The van der Waals surface area contributed by atoms with Crippen molar-refractivity contribution >= 4 is 46.7 Å². The average Bonchev–Trinajstić information content (AvgIpc) is 3.44. The highest BCUT2D eigenvalue weighted by Gasteiger charge is 2.52. The van der Waals surface area contributed by atoms with E-state index in [0.717, 1.165) is 16.7 Å². The predicted molar refractivity (Wildman–Crippen MR) is 163 cm³/mol.